The quantitative estimate of drug-likeness (QED) is 0.448. The molecule has 84 valence electrons. The third-order valence-corrected chi connectivity index (χ3v) is 5.14. The van der Waals surface area contributed by atoms with Gasteiger partial charge < -0.3 is 19.2 Å². The zero-order chi connectivity index (χ0) is 11.6. The highest BCUT2D eigenvalue weighted by Gasteiger charge is 2.37. The highest BCUT2D eigenvalue weighted by atomic mass is 31.3. The largest absolute Gasteiger partial charge is 0.487 e. The standard InChI is InChI=1S/CH8BO9P3/c1-9-12(2,3)10-14(7,8)11-13(4,5)6/h2H2,1H3,(H,7,8)(H2,4,5,6). The van der Waals surface area contributed by atoms with Gasteiger partial charge in [0.15, 0.2) is 0 Å². The highest BCUT2D eigenvalue weighted by molar-refractivity contribution is 7.84. The summed E-state index contributed by atoms with van der Waals surface area (Å²) < 4.78 is 43.3. The molecule has 0 aromatic heterocycles. The maximum absolute atomic E-state index is 11.0. The van der Waals surface area contributed by atoms with Crippen molar-refractivity contribution < 1.29 is 41.5 Å². The van der Waals surface area contributed by atoms with Crippen LogP contribution in [0.4, 0.5) is 0 Å². The second-order valence-electron chi connectivity index (χ2n) is 2.08. The van der Waals surface area contributed by atoms with Crippen molar-refractivity contribution >= 4 is 30.7 Å². The van der Waals surface area contributed by atoms with E-state index in [0.717, 1.165) is 14.7 Å². The Bertz CT molecular complexity index is 329. The van der Waals surface area contributed by atoms with Gasteiger partial charge in [-0.25, -0.2) is 13.4 Å². The van der Waals surface area contributed by atoms with Crippen molar-refractivity contribution in [3.63, 3.8) is 0 Å². The fourth-order valence-electron chi connectivity index (χ4n) is 0.370. The van der Waals surface area contributed by atoms with E-state index in [4.69, 9.17) is 14.7 Å². The average molecular weight is 268 g/mol. The van der Waals surface area contributed by atoms with Crippen molar-refractivity contribution in [3.05, 3.63) is 0 Å². The predicted molar refractivity (Wildman–Crippen MR) is 47.2 cm³/mol. The molecule has 2 atom stereocenters. The summed E-state index contributed by atoms with van der Waals surface area (Å²) in [6.07, 6.45) is 0. The Balaban J connectivity index is 4.60. The summed E-state index contributed by atoms with van der Waals surface area (Å²) in [7, 11) is -12.4. The molecule has 2 unspecified atom stereocenters. The molecule has 0 aliphatic heterocycles. The molecule has 0 bridgehead atoms. The fourth-order valence-corrected chi connectivity index (χ4v) is 3.60. The second-order valence-corrected chi connectivity index (χ2v) is 7.21. The lowest BCUT2D eigenvalue weighted by molar-refractivity contribution is 0.221. The molecule has 0 aliphatic carbocycles. The van der Waals surface area contributed by atoms with Crippen LogP contribution in [0.15, 0.2) is 0 Å². The van der Waals surface area contributed by atoms with Gasteiger partial charge in [-0.1, -0.05) is 0 Å². The Morgan fingerprint density at radius 1 is 1.07 bits per heavy atom. The number of phosphoric acid groups is 2. The van der Waals surface area contributed by atoms with Gasteiger partial charge in [-0.15, -0.1) is 0 Å². The van der Waals surface area contributed by atoms with Crippen LogP contribution in [-0.4, -0.2) is 29.4 Å². The first-order valence-electron chi connectivity index (χ1n) is 2.92. The lowest BCUT2D eigenvalue weighted by Crippen LogP contribution is -1.94. The van der Waals surface area contributed by atoms with Crippen LogP contribution in [0.5, 0.6) is 0 Å². The first kappa shape index (κ1) is 14.5. The predicted octanol–water partition coefficient (Wildman–Crippen LogP) is -0.400. The topological polar surface area (TPSA) is 140 Å². The lowest BCUT2D eigenvalue weighted by atomic mass is 10.8. The fraction of sp³-hybridized carbons (Fsp3) is 1.00. The minimum absolute atomic E-state index is 0.832. The Kier molecular flexibility index (Phi) is 4.74. The molecule has 0 aromatic carbocycles. The van der Waals surface area contributed by atoms with E-state index in [1.807, 2.05) is 0 Å². The molecule has 0 aromatic rings. The van der Waals surface area contributed by atoms with Gasteiger partial charge in [-0.3, -0.25) is 4.57 Å². The van der Waals surface area contributed by atoms with Gasteiger partial charge in [0.2, 0.25) is 0 Å². The van der Waals surface area contributed by atoms with Gasteiger partial charge >= 0.3 is 15.6 Å². The van der Waals surface area contributed by atoms with E-state index < -0.39 is 23.1 Å². The molecule has 0 saturated heterocycles. The molecule has 0 saturated carbocycles. The minimum atomic E-state index is -5.20. The van der Waals surface area contributed by atoms with Gasteiger partial charge in [0.25, 0.3) is 15.0 Å². The molecule has 0 heterocycles. The van der Waals surface area contributed by atoms with Crippen LogP contribution in [0.3, 0.4) is 0 Å². The first-order valence-corrected chi connectivity index (χ1v) is 7.93. The first-order chi connectivity index (χ1) is 5.97. The van der Waals surface area contributed by atoms with Crippen molar-refractivity contribution in [1.82, 2.24) is 0 Å². The summed E-state index contributed by atoms with van der Waals surface area (Å²) in [4.78, 5) is 25.0. The van der Waals surface area contributed by atoms with Crippen LogP contribution in [0.1, 0.15) is 0 Å². The summed E-state index contributed by atoms with van der Waals surface area (Å²) in [5, 5.41) is 0. The molecule has 0 radical (unpaired) electrons. The summed E-state index contributed by atoms with van der Waals surface area (Å²) in [5.41, 5.74) is 0. The SMILES string of the molecule is BP(=O)(OC)OP(=O)(O)OP(=O)(O)O. The number of hydrogen-bond acceptors (Lipinski definition) is 6. The van der Waals surface area contributed by atoms with Crippen LogP contribution in [0.2, 0.25) is 0 Å². The van der Waals surface area contributed by atoms with Crippen molar-refractivity contribution in [1.29, 1.82) is 0 Å². The Hall–Kier alpha value is 0.515. The maximum Gasteiger partial charge on any atom is 0.487 e. The maximum atomic E-state index is 11.0. The summed E-state index contributed by atoms with van der Waals surface area (Å²) >= 11 is 0. The Morgan fingerprint density at radius 3 is 1.79 bits per heavy atom. The van der Waals surface area contributed by atoms with E-state index in [2.05, 4.69) is 13.1 Å². The van der Waals surface area contributed by atoms with Crippen molar-refractivity contribution in [3.8, 4) is 0 Å². The van der Waals surface area contributed by atoms with E-state index in [1.165, 1.54) is 0 Å². The number of hydrogen-bond donors (Lipinski definition) is 3. The summed E-state index contributed by atoms with van der Waals surface area (Å²) in [6, 6.07) is 0. The van der Waals surface area contributed by atoms with Crippen molar-refractivity contribution in [2.45, 2.75) is 0 Å². The van der Waals surface area contributed by atoms with Crippen LogP contribution in [0, 0.1) is 0 Å². The molecule has 0 rings (SSSR count). The normalized spacial score (nSPS) is 21.1. The Morgan fingerprint density at radius 2 is 1.50 bits per heavy atom. The van der Waals surface area contributed by atoms with Crippen LogP contribution in [-0.2, 0) is 26.8 Å². The van der Waals surface area contributed by atoms with Crippen molar-refractivity contribution in [2.75, 3.05) is 7.11 Å². The van der Waals surface area contributed by atoms with Crippen molar-refractivity contribution in [2.24, 2.45) is 0 Å². The molecular weight excluding hydrogens is 260 g/mol. The van der Waals surface area contributed by atoms with Gasteiger partial charge in [0.05, 0.1) is 0 Å². The van der Waals surface area contributed by atoms with Crippen LogP contribution < -0.4 is 0 Å². The van der Waals surface area contributed by atoms with Crippen LogP contribution >= 0.6 is 23.1 Å². The zero-order valence-corrected chi connectivity index (χ0v) is 9.82. The van der Waals surface area contributed by atoms with Gasteiger partial charge in [-0.2, -0.15) is 4.31 Å². The minimum Gasteiger partial charge on any atom is -0.320 e. The molecule has 0 aliphatic rings. The average Bonchev–Trinajstić information content (AvgIpc) is 1.78. The monoisotopic (exact) mass is 268 g/mol. The number of rotatable bonds is 5. The second kappa shape index (κ2) is 4.57. The van der Waals surface area contributed by atoms with Gasteiger partial charge in [0, 0.05) is 7.11 Å². The third kappa shape index (κ3) is 6.89. The van der Waals surface area contributed by atoms with Gasteiger partial charge in [0.1, 0.15) is 0 Å². The highest BCUT2D eigenvalue weighted by Crippen LogP contribution is 2.65. The molecular formula is CH8BO9P3. The zero-order valence-electron chi connectivity index (χ0n) is 7.13. The molecule has 0 amide bonds. The van der Waals surface area contributed by atoms with E-state index in [-0.39, 0.29) is 0 Å². The van der Waals surface area contributed by atoms with E-state index in [1.54, 1.807) is 0 Å². The molecule has 3 N–H and O–H groups in total. The molecule has 14 heavy (non-hydrogen) atoms. The van der Waals surface area contributed by atoms with E-state index in [9.17, 15) is 13.7 Å². The van der Waals surface area contributed by atoms with E-state index >= 15 is 0 Å². The molecule has 13 heteroatoms. The smallest absolute Gasteiger partial charge is 0.320 e. The van der Waals surface area contributed by atoms with E-state index in [0.29, 0.717) is 0 Å². The lowest BCUT2D eigenvalue weighted by Gasteiger charge is -2.16. The van der Waals surface area contributed by atoms with Crippen LogP contribution in [0.25, 0.3) is 0 Å². The molecule has 9 nitrogen and oxygen atoms in total. The molecule has 0 fully saturated rings. The Labute approximate surface area is 80.1 Å². The summed E-state index contributed by atoms with van der Waals surface area (Å²) in [5.74, 6) is 0. The molecule has 0 spiro atoms. The summed E-state index contributed by atoms with van der Waals surface area (Å²) in [6.45, 7) is 0. The van der Waals surface area contributed by atoms with Gasteiger partial charge in [-0.05, 0) is 0 Å². The third-order valence-electron chi connectivity index (χ3n) is 0.793.